The Morgan fingerprint density at radius 2 is 1.86 bits per heavy atom. The van der Waals surface area contributed by atoms with Crippen molar-refractivity contribution in [2.24, 2.45) is 0 Å². The van der Waals surface area contributed by atoms with Gasteiger partial charge in [0.15, 0.2) is 0 Å². The molecule has 0 saturated carbocycles. The van der Waals surface area contributed by atoms with Crippen LogP contribution in [0.25, 0.3) is 0 Å². The summed E-state index contributed by atoms with van der Waals surface area (Å²) in [7, 11) is -5.66. The van der Waals surface area contributed by atoms with Crippen LogP contribution >= 0.6 is 0 Å². The molecule has 0 heterocycles. The predicted molar refractivity (Wildman–Crippen MR) is 81.2 cm³/mol. The van der Waals surface area contributed by atoms with Gasteiger partial charge in [-0.3, -0.25) is 0 Å². The fraction of sp³-hybridized carbons (Fsp3) is 0.538. The Balaban J connectivity index is 3.02. The van der Waals surface area contributed by atoms with E-state index >= 15 is 0 Å². The molecule has 0 aliphatic rings. The summed E-state index contributed by atoms with van der Waals surface area (Å²) in [5.74, 6) is -0.236. The van der Waals surface area contributed by atoms with E-state index in [-0.39, 0.29) is 17.2 Å². The van der Waals surface area contributed by atoms with Crippen LogP contribution in [-0.2, 0) is 19.9 Å². The minimum Gasteiger partial charge on any atom is -0.388 e. The Kier molecular flexibility index (Phi) is 5.92. The van der Waals surface area contributed by atoms with Gasteiger partial charge in [0.2, 0.25) is 10.0 Å². The van der Waals surface area contributed by atoms with Crippen molar-refractivity contribution in [3.63, 3.8) is 0 Å². The average molecular weight is 335 g/mol. The normalized spacial score (nSPS) is 14.3. The third kappa shape index (κ3) is 5.06. The van der Waals surface area contributed by atoms with E-state index in [4.69, 9.17) is 0 Å². The van der Waals surface area contributed by atoms with Crippen LogP contribution in [0.1, 0.15) is 25.0 Å². The molecule has 1 rings (SSSR count). The average Bonchev–Trinajstić information content (AvgIpc) is 2.43. The Hall–Kier alpha value is -0.960. The molecule has 0 radical (unpaired) electrons. The standard InChI is InChI=1S/C13H21NO5S2/c1-4-13(15)11-6-5-7-12(10-11)21(18,19)14(2)8-9-20(3,16)17/h5-7,10,13,15H,4,8-9H2,1-3H3. The van der Waals surface area contributed by atoms with Crippen molar-refractivity contribution in [2.45, 2.75) is 24.3 Å². The topological polar surface area (TPSA) is 91.8 Å². The van der Waals surface area contributed by atoms with Gasteiger partial charge in [-0.05, 0) is 24.1 Å². The second-order valence-corrected chi connectivity index (χ2v) is 9.26. The van der Waals surface area contributed by atoms with E-state index in [1.807, 2.05) is 0 Å². The molecule has 0 fully saturated rings. The van der Waals surface area contributed by atoms with Crippen LogP contribution < -0.4 is 0 Å². The largest absolute Gasteiger partial charge is 0.388 e. The maximum Gasteiger partial charge on any atom is 0.242 e. The van der Waals surface area contributed by atoms with Gasteiger partial charge in [-0.25, -0.2) is 16.8 Å². The lowest BCUT2D eigenvalue weighted by molar-refractivity contribution is 0.173. The summed E-state index contributed by atoms with van der Waals surface area (Å²) < 4.78 is 48.0. The predicted octanol–water partition coefficient (Wildman–Crippen LogP) is 0.795. The quantitative estimate of drug-likeness (QED) is 0.795. The highest BCUT2D eigenvalue weighted by Crippen LogP contribution is 2.21. The van der Waals surface area contributed by atoms with Gasteiger partial charge in [-0.2, -0.15) is 4.31 Å². The molecule has 0 bridgehead atoms. The molecule has 1 atom stereocenters. The van der Waals surface area contributed by atoms with Gasteiger partial charge in [0, 0.05) is 19.8 Å². The van der Waals surface area contributed by atoms with E-state index in [9.17, 15) is 21.9 Å². The van der Waals surface area contributed by atoms with Crippen molar-refractivity contribution >= 4 is 19.9 Å². The Labute approximate surface area is 126 Å². The zero-order valence-corrected chi connectivity index (χ0v) is 14.0. The molecule has 1 aromatic carbocycles. The van der Waals surface area contributed by atoms with Crippen LogP contribution in [0.3, 0.4) is 0 Å². The highest BCUT2D eigenvalue weighted by atomic mass is 32.2. The van der Waals surface area contributed by atoms with Crippen molar-refractivity contribution < 1.29 is 21.9 Å². The molecule has 0 aromatic heterocycles. The van der Waals surface area contributed by atoms with Gasteiger partial charge in [0.1, 0.15) is 9.84 Å². The van der Waals surface area contributed by atoms with Crippen LogP contribution in [-0.4, -0.2) is 51.8 Å². The molecule has 6 nitrogen and oxygen atoms in total. The van der Waals surface area contributed by atoms with Gasteiger partial charge < -0.3 is 5.11 Å². The third-order valence-electron chi connectivity index (χ3n) is 3.11. The summed E-state index contributed by atoms with van der Waals surface area (Å²) in [5.41, 5.74) is 0.523. The molecule has 0 saturated heterocycles. The number of nitrogens with zero attached hydrogens (tertiary/aromatic N) is 1. The number of sulfonamides is 1. The summed E-state index contributed by atoms with van der Waals surface area (Å²) in [6, 6.07) is 6.06. The van der Waals surface area contributed by atoms with Gasteiger partial charge in [0.05, 0.1) is 16.8 Å². The van der Waals surface area contributed by atoms with Crippen molar-refractivity contribution in [2.75, 3.05) is 25.6 Å². The number of aliphatic hydroxyl groups excluding tert-OH is 1. The number of rotatable bonds is 7. The monoisotopic (exact) mass is 335 g/mol. The molecule has 0 aliphatic heterocycles. The van der Waals surface area contributed by atoms with Crippen molar-refractivity contribution in [3.8, 4) is 0 Å². The minimum atomic E-state index is -3.77. The molecular weight excluding hydrogens is 314 g/mol. The van der Waals surface area contributed by atoms with E-state index in [0.717, 1.165) is 10.6 Å². The zero-order chi connectivity index (χ0) is 16.3. The minimum absolute atomic E-state index is 0.0449. The molecule has 1 aromatic rings. The molecule has 0 amide bonds. The molecule has 120 valence electrons. The lowest BCUT2D eigenvalue weighted by Crippen LogP contribution is -2.31. The van der Waals surface area contributed by atoms with Crippen molar-refractivity contribution in [1.82, 2.24) is 4.31 Å². The van der Waals surface area contributed by atoms with Crippen LogP contribution in [0.2, 0.25) is 0 Å². The van der Waals surface area contributed by atoms with Gasteiger partial charge in [0.25, 0.3) is 0 Å². The number of sulfone groups is 1. The first kappa shape index (κ1) is 18.1. The smallest absolute Gasteiger partial charge is 0.242 e. The third-order valence-corrected chi connectivity index (χ3v) is 5.89. The van der Waals surface area contributed by atoms with Crippen molar-refractivity contribution in [3.05, 3.63) is 29.8 Å². The number of hydrogen-bond acceptors (Lipinski definition) is 5. The molecule has 1 unspecified atom stereocenters. The summed E-state index contributed by atoms with van der Waals surface area (Å²) in [5, 5.41) is 9.78. The fourth-order valence-electron chi connectivity index (χ4n) is 1.71. The number of benzene rings is 1. The molecule has 1 N–H and O–H groups in total. The molecule has 0 aliphatic carbocycles. The highest BCUT2D eigenvalue weighted by molar-refractivity contribution is 7.91. The maximum atomic E-state index is 12.4. The Bertz CT molecular complexity index is 682. The lowest BCUT2D eigenvalue weighted by atomic mass is 10.1. The van der Waals surface area contributed by atoms with E-state index in [0.29, 0.717) is 12.0 Å². The first-order valence-electron chi connectivity index (χ1n) is 6.50. The summed E-state index contributed by atoms with van der Waals surface area (Å²) in [6.07, 6.45) is 0.820. The van der Waals surface area contributed by atoms with E-state index in [1.165, 1.54) is 19.2 Å². The van der Waals surface area contributed by atoms with Crippen molar-refractivity contribution in [1.29, 1.82) is 0 Å². The second-order valence-electron chi connectivity index (χ2n) is 4.95. The van der Waals surface area contributed by atoms with Gasteiger partial charge in [-0.1, -0.05) is 19.1 Å². The SMILES string of the molecule is CCC(O)c1cccc(S(=O)(=O)N(C)CCS(C)(=O)=O)c1. The molecule has 0 spiro atoms. The van der Waals surface area contributed by atoms with Crippen LogP contribution in [0, 0.1) is 0 Å². The van der Waals surface area contributed by atoms with Crippen LogP contribution in [0.15, 0.2) is 29.2 Å². The zero-order valence-electron chi connectivity index (χ0n) is 12.4. The number of aliphatic hydroxyl groups is 1. The van der Waals surface area contributed by atoms with E-state index in [1.54, 1.807) is 19.1 Å². The maximum absolute atomic E-state index is 12.4. The second kappa shape index (κ2) is 6.87. The molecule has 8 heteroatoms. The fourth-order valence-corrected chi connectivity index (χ4v) is 3.66. The highest BCUT2D eigenvalue weighted by Gasteiger charge is 2.22. The first-order valence-corrected chi connectivity index (χ1v) is 10.00. The molecule has 21 heavy (non-hydrogen) atoms. The Morgan fingerprint density at radius 3 is 2.38 bits per heavy atom. The van der Waals surface area contributed by atoms with Gasteiger partial charge in [-0.15, -0.1) is 0 Å². The summed E-state index contributed by atoms with van der Waals surface area (Å²) in [4.78, 5) is 0.0449. The summed E-state index contributed by atoms with van der Waals surface area (Å²) >= 11 is 0. The first-order chi connectivity index (χ1) is 9.58. The lowest BCUT2D eigenvalue weighted by Gasteiger charge is -2.18. The summed E-state index contributed by atoms with van der Waals surface area (Å²) in [6.45, 7) is 1.69. The Morgan fingerprint density at radius 1 is 1.24 bits per heavy atom. The van der Waals surface area contributed by atoms with E-state index in [2.05, 4.69) is 0 Å². The van der Waals surface area contributed by atoms with Crippen LogP contribution in [0.5, 0.6) is 0 Å². The molecular formula is C13H21NO5S2. The van der Waals surface area contributed by atoms with Gasteiger partial charge >= 0.3 is 0 Å². The number of hydrogen-bond donors (Lipinski definition) is 1. The van der Waals surface area contributed by atoms with E-state index < -0.39 is 26.0 Å². The van der Waals surface area contributed by atoms with Crippen LogP contribution in [0.4, 0.5) is 0 Å².